The number of nitrogens with one attached hydrogen (secondary N) is 1. The fourth-order valence-corrected chi connectivity index (χ4v) is 0.932. The van der Waals surface area contributed by atoms with Crippen molar-refractivity contribution in [2.75, 3.05) is 12.8 Å². The molecule has 0 saturated carbocycles. The highest BCUT2D eigenvalue weighted by Gasteiger charge is 2.01. The molecule has 4 heteroatoms. The third kappa shape index (κ3) is 5.78. The molecular formula is C6H13NO2S. The summed E-state index contributed by atoms with van der Waals surface area (Å²) in [5, 5.41) is 0. The lowest BCUT2D eigenvalue weighted by Crippen LogP contribution is -2.26. The van der Waals surface area contributed by atoms with Gasteiger partial charge >= 0.3 is 0 Å². The van der Waals surface area contributed by atoms with Gasteiger partial charge in [0.25, 0.3) is 0 Å². The van der Waals surface area contributed by atoms with Gasteiger partial charge in [-0.05, 0) is 5.92 Å². The van der Waals surface area contributed by atoms with Crippen molar-refractivity contribution in [3.8, 4) is 0 Å². The molecule has 10 heavy (non-hydrogen) atoms. The first kappa shape index (κ1) is 9.65. The van der Waals surface area contributed by atoms with E-state index < -0.39 is 10.0 Å². The minimum atomic E-state index is -3.03. The van der Waals surface area contributed by atoms with Crippen molar-refractivity contribution >= 4 is 10.0 Å². The van der Waals surface area contributed by atoms with Crippen molar-refractivity contribution in [2.24, 2.45) is 5.92 Å². The maximum Gasteiger partial charge on any atom is 0.208 e. The van der Waals surface area contributed by atoms with Crippen molar-refractivity contribution in [1.82, 2.24) is 4.72 Å². The summed E-state index contributed by atoms with van der Waals surface area (Å²) < 4.78 is 23.4. The molecule has 0 aromatic carbocycles. The standard InChI is InChI=1S/C6H13NO2S/c1-4-6(2)5-7-10(3,8)9/h4,6-7H,1,5H2,2-3H3/t6-/m0/s1. The molecule has 0 rings (SSSR count). The SMILES string of the molecule is C=C[C@H](C)CNS(C)(=O)=O. The quantitative estimate of drug-likeness (QED) is 0.608. The Morgan fingerprint density at radius 1 is 1.70 bits per heavy atom. The van der Waals surface area contributed by atoms with E-state index in [4.69, 9.17) is 0 Å². The van der Waals surface area contributed by atoms with E-state index in [-0.39, 0.29) is 5.92 Å². The fourth-order valence-electron chi connectivity index (χ4n) is 0.366. The molecule has 0 aromatic heterocycles. The molecule has 1 N–H and O–H groups in total. The summed E-state index contributed by atoms with van der Waals surface area (Å²) in [4.78, 5) is 0. The molecule has 0 unspecified atom stereocenters. The van der Waals surface area contributed by atoms with Crippen LogP contribution in [0.4, 0.5) is 0 Å². The Kier molecular flexibility index (Phi) is 3.60. The number of hydrogen-bond acceptors (Lipinski definition) is 2. The lowest BCUT2D eigenvalue weighted by Gasteiger charge is -2.04. The smallest absolute Gasteiger partial charge is 0.208 e. The van der Waals surface area contributed by atoms with Gasteiger partial charge in [0.1, 0.15) is 0 Å². The summed E-state index contributed by atoms with van der Waals surface area (Å²) in [5.41, 5.74) is 0. The van der Waals surface area contributed by atoms with Crippen LogP contribution in [0.1, 0.15) is 6.92 Å². The van der Waals surface area contributed by atoms with E-state index in [1.54, 1.807) is 6.08 Å². The average Bonchev–Trinajstić information content (AvgIpc) is 1.81. The molecule has 0 radical (unpaired) electrons. The van der Waals surface area contributed by atoms with Crippen LogP contribution in [0.5, 0.6) is 0 Å². The minimum Gasteiger partial charge on any atom is -0.215 e. The second kappa shape index (κ2) is 3.73. The van der Waals surface area contributed by atoms with Crippen molar-refractivity contribution in [2.45, 2.75) is 6.92 Å². The van der Waals surface area contributed by atoms with E-state index in [0.29, 0.717) is 6.54 Å². The van der Waals surface area contributed by atoms with E-state index in [2.05, 4.69) is 11.3 Å². The Morgan fingerprint density at radius 2 is 2.20 bits per heavy atom. The summed E-state index contributed by atoms with van der Waals surface area (Å²) in [6, 6.07) is 0. The van der Waals surface area contributed by atoms with Crippen molar-refractivity contribution in [3.63, 3.8) is 0 Å². The van der Waals surface area contributed by atoms with Crippen LogP contribution >= 0.6 is 0 Å². The van der Waals surface area contributed by atoms with Gasteiger partial charge in [-0.2, -0.15) is 0 Å². The lowest BCUT2D eigenvalue weighted by atomic mass is 10.2. The topological polar surface area (TPSA) is 46.2 Å². The van der Waals surface area contributed by atoms with Gasteiger partial charge in [-0.25, -0.2) is 13.1 Å². The van der Waals surface area contributed by atoms with Crippen LogP contribution in [0.2, 0.25) is 0 Å². The van der Waals surface area contributed by atoms with E-state index >= 15 is 0 Å². The third-order valence-corrected chi connectivity index (χ3v) is 1.76. The molecule has 0 fully saturated rings. The molecule has 0 aliphatic rings. The highest BCUT2D eigenvalue weighted by atomic mass is 32.2. The molecule has 0 bridgehead atoms. The molecule has 0 heterocycles. The van der Waals surface area contributed by atoms with Gasteiger partial charge in [0, 0.05) is 6.54 Å². The van der Waals surface area contributed by atoms with Crippen LogP contribution in [0, 0.1) is 5.92 Å². The zero-order valence-electron chi connectivity index (χ0n) is 6.29. The van der Waals surface area contributed by atoms with Gasteiger partial charge in [0.15, 0.2) is 0 Å². The Morgan fingerprint density at radius 3 is 2.50 bits per heavy atom. The van der Waals surface area contributed by atoms with Crippen LogP contribution in [-0.4, -0.2) is 21.2 Å². The van der Waals surface area contributed by atoms with Gasteiger partial charge in [0.05, 0.1) is 6.26 Å². The average molecular weight is 163 g/mol. The minimum absolute atomic E-state index is 0.190. The zero-order chi connectivity index (χ0) is 8.20. The summed E-state index contributed by atoms with van der Waals surface area (Å²) in [7, 11) is -3.03. The van der Waals surface area contributed by atoms with Gasteiger partial charge in [-0.15, -0.1) is 6.58 Å². The third-order valence-electron chi connectivity index (χ3n) is 1.07. The largest absolute Gasteiger partial charge is 0.215 e. The Balaban J connectivity index is 3.66. The molecule has 3 nitrogen and oxygen atoms in total. The fraction of sp³-hybridized carbons (Fsp3) is 0.667. The first-order valence-electron chi connectivity index (χ1n) is 3.03. The summed E-state index contributed by atoms with van der Waals surface area (Å²) in [5.74, 6) is 0.190. The van der Waals surface area contributed by atoms with E-state index in [1.165, 1.54) is 0 Å². The van der Waals surface area contributed by atoms with Gasteiger partial charge in [0.2, 0.25) is 10.0 Å². The predicted molar refractivity (Wildman–Crippen MR) is 42.2 cm³/mol. The van der Waals surface area contributed by atoms with Gasteiger partial charge in [-0.1, -0.05) is 13.0 Å². The Labute approximate surface area is 62.2 Å². The van der Waals surface area contributed by atoms with E-state index in [1.807, 2.05) is 6.92 Å². The van der Waals surface area contributed by atoms with Crippen LogP contribution in [0.15, 0.2) is 12.7 Å². The number of rotatable bonds is 4. The highest BCUT2D eigenvalue weighted by molar-refractivity contribution is 7.88. The molecule has 0 spiro atoms. The molecule has 0 aromatic rings. The van der Waals surface area contributed by atoms with E-state index in [0.717, 1.165) is 6.26 Å². The summed E-state index contributed by atoms with van der Waals surface area (Å²) in [6.45, 7) is 5.85. The first-order chi connectivity index (χ1) is 4.45. The van der Waals surface area contributed by atoms with Gasteiger partial charge < -0.3 is 0 Å². The van der Waals surface area contributed by atoms with Crippen molar-refractivity contribution < 1.29 is 8.42 Å². The highest BCUT2D eigenvalue weighted by Crippen LogP contribution is 1.92. The van der Waals surface area contributed by atoms with Crippen LogP contribution in [-0.2, 0) is 10.0 Å². The normalized spacial score (nSPS) is 14.6. The second-order valence-corrected chi connectivity index (χ2v) is 4.17. The first-order valence-corrected chi connectivity index (χ1v) is 4.92. The monoisotopic (exact) mass is 163 g/mol. The zero-order valence-corrected chi connectivity index (χ0v) is 7.11. The van der Waals surface area contributed by atoms with Crippen LogP contribution in [0.25, 0.3) is 0 Å². The molecule has 1 atom stereocenters. The molecule has 0 aliphatic heterocycles. The number of hydrogen-bond donors (Lipinski definition) is 1. The van der Waals surface area contributed by atoms with Crippen LogP contribution < -0.4 is 4.72 Å². The predicted octanol–water partition coefficient (Wildman–Crippen LogP) is 0.358. The second-order valence-electron chi connectivity index (χ2n) is 2.33. The van der Waals surface area contributed by atoms with Crippen molar-refractivity contribution in [3.05, 3.63) is 12.7 Å². The van der Waals surface area contributed by atoms with Crippen LogP contribution in [0.3, 0.4) is 0 Å². The summed E-state index contributed by atoms with van der Waals surface area (Å²) >= 11 is 0. The molecule has 0 aliphatic carbocycles. The Bertz CT molecular complexity index is 196. The number of sulfonamides is 1. The maximum atomic E-state index is 10.5. The van der Waals surface area contributed by atoms with E-state index in [9.17, 15) is 8.42 Å². The lowest BCUT2D eigenvalue weighted by molar-refractivity contribution is 0.577. The molecule has 0 amide bonds. The van der Waals surface area contributed by atoms with Crippen molar-refractivity contribution in [1.29, 1.82) is 0 Å². The molecular weight excluding hydrogens is 150 g/mol. The Hall–Kier alpha value is -0.350. The molecule has 0 saturated heterocycles. The molecule has 60 valence electrons. The maximum absolute atomic E-state index is 10.5. The van der Waals surface area contributed by atoms with Gasteiger partial charge in [-0.3, -0.25) is 0 Å². The summed E-state index contributed by atoms with van der Waals surface area (Å²) in [6.07, 6.45) is 2.85.